The van der Waals surface area contributed by atoms with Crippen molar-refractivity contribution in [2.45, 2.75) is 6.92 Å². The van der Waals surface area contributed by atoms with Crippen LogP contribution in [-0.4, -0.2) is 13.0 Å². The predicted molar refractivity (Wildman–Crippen MR) is 84.2 cm³/mol. The Balaban J connectivity index is 2.30. The fourth-order valence-corrected chi connectivity index (χ4v) is 2.27. The summed E-state index contributed by atoms with van der Waals surface area (Å²) in [6, 6.07) is 10.6. The van der Waals surface area contributed by atoms with E-state index in [4.69, 9.17) is 10.5 Å². The van der Waals surface area contributed by atoms with Gasteiger partial charge in [-0.3, -0.25) is 4.79 Å². The molecule has 0 atom stereocenters. The highest BCUT2D eigenvalue weighted by Crippen LogP contribution is 2.28. The number of hydrogen-bond acceptors (Lipinski definition) is 3. The van der Waals surface area contributed by atoms with Crippen LogP contribution in [0.3, 0.4) is 0 Å². The van der Waals surface area contributed by atoms with Crippen LogP contribution < -0.4 is 15.8 Å². The lowest BCUT2D eigenvalue weighted by molar-refractivity contribution is 0.102. The molecular formula is C15H15BrN2O2. The SMILES string of the molecule is COc1ccc(Br)cc1NC(=O)c1ccc(N)cc1C. The van der Waals surface area contributed by atoms with Gasteiger partial charge < -0.3 is 15.8 Å². The number of benzene rings is 2. The first-order valence-corrected chi connectivity index (χ1v) is 6.81. The highest BCUT2D eigenvalue weighted by Gasteiger charge is 2.12. The van der Waals surface area contributed by atoms with E-state index in [1.807, 2.05) is 13.0 Å². The zero-order valence-electron chi connectivity index (χ0n) is 11.2. The third-order valence-corrected chi connectivity index (χ3v) is 3.40. The van der Waals surface area contributed by atoms with E-state index in [1.165, 1.54) is 0 Å². The molecule has 5 heteroatoms. The molecule has 0 radical (unpaired) electrons. The number of rotatable bonds is 3. The maximum absolute atomic E-state index is 12.3. The molecule has 4 nitrogen and oxygen atoms in total. The molecule has 0 aliphatic heterocycles. The third-order valence-electron chi connectivity index (χ3n) is 2.90. The Morgan fingerprint density at radius 2 is 2.00 bits per heavy atom. The van der Waals surface area contributed by atoms with Crippen molar-refractivity contribution in [1.29, 1.82) is 0 Å². The number of carbonyl (C=O) groups is 1. The number of ether oxygens (including phenoxy) is 1. The van der Waals surface area contributed by atoms with E-state index in [1.54, 1.807) is 37.4 Å². The van der Waals surface area contributed by atoms with Crippen molar-refractivity contribution in [1.82, 2.24) is 0 Å². The van der Waals surface area contributed by atoms with Crippen LogP contribution >= 0.6 is 15.9 Å². The Bertz CT molecular complexity index is 656. The fourth-order valence-electron chi connectivity index (χ4n) is 1.91. The second-order valence-corrected chi connectivity index (χ2v) is 5.29. The molecule has 0 aliphatic carbocycles. The summed E-state index contributed by atoms with van der Waals surface area (Å²) in [5, 5.41) is 2.84. The van der Waals surface area contributed by atoms with Gasteiger partial charge in [0.05, 0.1) is 12.8 Å². The molecule has 20 heavy (non-hydrogen) atoms. The molecule has 0 unspecified atom stereocenters. The second-order valence-electron chi connectivity index (χ2n) is 4.37. The van der Waals surface area contributed by atoms with Gasteiger partial charge >= 0.3 is 0 Å². The largest absolute Gasteiger partial charge is 0.495 e. The summed E-state index contributed by atoms with van der Waals surface area (Å²) in [6.07, 6.45) is 0. The van der Waals surface area contributed by atoms with E-state index in [9.17, 15) is 4.79 Å². The minimum absolute atomic E-state index is 0.195. The Kier molecular flexibility index (Phi) is 4.29. The molecular weight excluding hydrogens is 320 g/mol. The van der Waals surface area contributed by atoms with Gasteiger partial charge in [-0.05, 0) is 48.9 Å². The Labute approximate surface area is 126 Å². The average Bonchev–Trinajstić information content (AvgIpc) is 2.38. The van der Waals surface area contributed by atoms with Crippen molar-refractivity contribution < 1.29 is 9.53 Å². The van der Waals surface area contributed by atoms with Gasteiger partial charge in [-0.2, -0.15) is 0 Å². The van der Waals surface area contributed by atoms with E-state index < -0.39 is 0 Å². The van der Waals surface area contributed by atoms with E-state index >= 15 is 0 Å². The topological polar surface area (TPSA) is 64.3 Å². The van der Waals surface area contributed by atoms with E-state index in [2.05, 4.69) is 21.2 Å². The average molecular weight is 335 g/mol. The molecule has 0 aliphatic rings. The lowest BCUT2D eigenvalue weighted by Crippen LogP contribution is -2.14. The van der Waals surface area contributed by atoms with Gasteiger partial charge in [0.15, 0.2) is 0 Å². The lowest BCUT2D eigenvalue weighted by atomic mass is 10.1. The summed E-state index contributed by atoms with van der Waals surface area (Å²) in [6.45, 7) is 1.85. The standard InChI is InChI=1S/C15H15BrN2O2/c1-9-7-11(17)4-5-12(9)15(19)18-13-8-10(16)3-6-14(13)20-2/h3-8H,17H2,1-2H3,(H,18,19). The predicted octanol–water partition coefficient (Wildman–Crippen LogP) is 3.60. The van der Waals surface area contributed by atoms with Crippen molar-refractivity contribution in [3.05, 3.63) is 52.0 Å². The minimum atomic E-state index is -0.195. The Morgan fingerprint density at radius 1 is 1.25 bits per heavy atom. The molecule has 0 bridgehead atoms. The number of amides is 1. The van der Waals surface area contributed by atoms with Gasteiger partial charge in [-0.1, -0.05) is 15.9 Å². The number of nitrogens with two attached hydrogens (primary N) is 1. The van der Waals surface area contributed by atoms with Crippen molar-refractivity contribution in [3.63, 3.8) is 0 Å². The van der Waals surface area contributed by atoms with Gasteiger partial charge in [-0.25, -0.2) is 0 Å². The summed E-state index contributed by atoms with van der Waals surface area (Å²) < 4.78 is 6.09. The normalized spacial score (nSPS) is 10.2. The number of aryl methyl sites for hydroxylation is 1. The van der Waals surface area contributed by atoms with Gasteiger partial charge in [0.2, 0.25) is 0 Å². The highest BCUT2D eigenvalue weighted by atomic mass is 79.9. The Morgan fingerprint density at radius 3 is 2.65 bits per heavy atom. The smallest absolute Gasteiger partial charge is 0.256 e. The van der Waals surface area contributed by atoms with Crippen LogP contribution in [0.4, 0.5) is 11.4 Å². The number of nitrogen functional groups attached to an aromatic ring is 1. The van der Waals surface area contributed by atoms with Crippen LogP contribution in [0.15, 0.2) is 40.9 Å². The molecule has 2 aromatic carbocycles. The van der Waals surface area contributed by atoms with Gasteiger partial charge in [-0.15, -0.1) is 0 Å². The Hall–Kier alpha value is -2.01. The van der Waals surface area contributed by atoms with Gasteiger partial charge in [0, 0.05) is 15.7 Å². The highest BCUT2D eigenvalue weighted by molar-refractivity contribution is 9.10. The first kappa shape index (κ1) is 14.4. The zero-order valence-corrected chi connectivity index (χ0v) is 12.8. The van der Waals surface area contributed by atoms with Crippen LogP contribution in [0.2, 0.25) is 0 Å². The molecule has 3 N–H and O–H groups in total. The molecule has 2 rings (SSSR count). The summed E-state index contributed by atoms with van der Waals surface area (Å²) in [4.78, 5) is 12.3. The molecule has 0 fully saturated rings. The molecule has 0 saturated heterocycles. The van der Waals surface area contributed by atoms with Gasteiger partial charge in [0.1, 0.15) is 5.75 Å². The van der Waals surface area contributed by atoms with E-state index in [0.29, 0.717) is 22.7 Å². The summed E-state index contributed by atoms with van der Waals surface area (Å²) >= 11 is 3.37. The van der Waals surface area contributed by atoms with Crippen LogP contribution in [0.5, 0.6) is 5.75 Å². The van der Waals surface area contributed by atoms with Crippen molar-refractivity contribution in [2.24, 2.45) is 0 Å². The number of nitrogens with one attached hydrogen (secondary N) is 1. The fraction of sp³-hybridized carbons (Fsp3) is 0.133. The second kappa shape index (κ2) is 5.96. The lowest BCUT2D eigenvalue weighted by Gasteiger charge is -2.12. The maximum Gasteiger partial charge on any atom is 0.256 e. The van der Waals surface area contributed by atoms with Crippen LogP contribution in [0.25, 0.3) is 0 Å². The molecule has 0 heterocycles. The summed E-state index contributed by atoms with van der Waals surface area (Å²) in [5.74, 6) is 0.411. The molecule has 104 valence electrons. The van der Waals surface area contributed by atoms with Crippen LogP contribution in [-0.2, 0) is 0 Å². The van der Waals surface area contributed by atoms with Crippen LogP contribution in [0.1, 0.15) is 15.9 Å². The van der Waals surface area contributed by atoms with E-state index in [0.717, 1.165) is 10.0 Å². The van der Waals surface area contributed by atoms with Crippen molar-refractivity contribution in [2.75, 3.05) is 18.2 Å². The summed E-state index contributed by atoms with van der Waals surface area (Å²) in [5.41, 5.74) is 8.35. The van der Waals surface area contributed by atoms with E-state index in [-0.39, 0.29) is 5.91 Å². The number of anilines is 2. The maximum atomic E-state index is 12.3. The van der Waals surface area contributed by atoms with Crippen molar-refractivity contribution in [3.8, 4) is 5.75 Å². The molecule has 1 amide bonds. The minimum Gasteiger partial charge on any atom is -0.495 e. The quantitative estimate of drug-likeness (QED) is 0.843. The van der Waals surface area contributed by atoms with Crippen LogP contribution in [0, 0.1) is 6.92 Å². The molecule has 0 spiro atoms. The zero-order chi connectivity index (χ0) is 14.7. The number of carbonyl (C=O) groups excluding carboxylic acids is 1. The molecule has 0 aromatic heterocycles. The number of halogens is 1. The first-order chi connectivity index (χ1) is 9.51. The summed E-state index contributed by atoms with van der Waals surface area (Å²) in [7, 11) is 1.56. The number of methoxy groups -OCH3 is 1. The molecule has 0 saturated carbocycles. The first-order valence-electron chi connectivity index (χ1n) is 6.02. The van der Waals surface area contributed by atoms with Crippen molar-refractivity contribution >= 4 is 33.2 Å². The monoisotopic (exact) mass is 334 g/mol. The molecule has 2 aromatic rings. The third kappa shape index (κ3) is 3.11. The number of hydrogen-bond donors (Lipinski definition) is 2. The van der Waals surface area contributed by atoms with Gasteiger partial charge in [0.25, 0.3) is 5.91 Å².